The molecule has 1 fully saturated rings. The van der Waals surface area contributed by atoms with Gasteiger partial charge in [-0.15, -0.1) is 12.4 Å². The number of hydrogen-bond donors (Lipinski definition) is 1. The second-order valence-electron chi connectivity index (χ2n) is 4.33. The Kier molecular flexibility index (Phi) is 5.13. The van der Waals surface area contributed by atoms with E-state index in [0.717, 1.165) is 0 Å². The van der Waals surface area contributed by atoms with Crippen LogP contribution >= 0.6 is 12.4 Å². The first-order chi connectivity index (χ1) is 6.88. The summed E-state index contributed by atoms with van der Waals surface area (Å²) >= 11 is 0. The van der Waals surface area contributed by atoms with Gasteiger partial charge in [-0.2, -0.15) is 0 Å². The van der Waals surface area contributed by atoms with E-state index in [0.29, 0.717) is 5.92 Å². The molecule has 0 amide bonds. The summed E-state index contributed by atoms with van der Waals surface area (Å²) in [5.74, 6) is 0.714. The van der Waals surface area contributed by atoms with Gasteiger partial charge in [0.25, 0.3) is 0 Å². The van der Waals surface area contributed by atoms with E-state index in [1.54, 1.807) is 0 Å². The summed E-state index contributed by atoms with van der Waals surface area (Å²) in [6, 6.07) is 10.8. The van der Waals surface area contributed by atoms with Crippen molar-refractivity contribution in [3.8, 4) is 0 Å². The molecule has 1 saturated carbocycles. The van der Waals surface area contributed by atoms with Crippen LogP contribution in [0.3, 0.4) is 0 Å². The molecular formula is C13H20ClN. The van der Waals surface area contributed by atoms with Crippen LogP contribution in [0.15, 0.2) is 30.3 Å². The molecule has 0 heterocycles. The molecule has 0 spiro atoms. The molecule has 1 atom stereocenters. The van der Waals surface area contributed by atoms with Gasteiger partial charge in [-0.25, -0.2) is 0 Å². The number of benzene rings is 1. The van der Waals surface area contributed by atoms with Crippen molar-refractivity contribution in [3.63, 3.8) is 0 Å². The van der Waals surface area contributed by atoms with Crippen LogP contribution in [0.4, 0.5) is 0 Å². The lowest BCUT2D eigenvalue weighted by Gasteiger charge is -2.27. The van der Waals surface area contributed by atoms with Crippen molar-refractivity contribution < 1.29 is 0 Å². The number of nitrogens with two attached hydrogens (primary N) is 1. The zero-order valence-corrected chi connectivity index (χ0v) is 9.88. The molecule has 0 saturated heterocycles. The average molecular weight is 226 g/mol. The van der Waals surface area contributed by atoms with Gasteiger partial charge < -0.3 is 5.73 Å². The lowest BCUT2D eigenvalue weighted by Crippen LogP contribution is -2.23. The summed E-state index contributed by atoms with van der Waals surface area (Å²) in [6.45, 7) is 0. The molecule has 0 aromatic heterocycles. The summed E-state index contributed by atoms with van der Waals surface area (Å²) in [5.41, 5.74) is 7.57. The number of rotatable bonds is 2. The van der Waals surface area contributed by atoms with Crippen molar-refractivity contribution in [2.24, 2.45) is 11.7 Å². The molecule has 2 heteroatoms. The highest BCUT2D eigenvalue weighted by molar-refractivity contribution is 5.85. The maximum atomic E-state index is 6.27. The molecule has 0 aliphatic heterocycles. The fourth-order valence-electron chi connectivity index (χ4n) is 2.44. The van der Waals surface area contributed by atoms with E-state index in [9.17, 15) is 0 Å². The highest BCUT2D eigenvalue weighted by Crippen LogP contribution is 2.32. The van der Waals surface area contributed by atoms with E-state index in [4.69, 9.17) is 5.73 Å². The Morgan fingerprint density at radius 2 is 1.60 bits per heavy atom. The van der Waals surface area contributed by atoms with Gasteiger partial charge in [-0.3, -0.25) is 0 Å². The number of hydrogen-bond acceptors (Lipinski definition) is 1. The molecular weight excluding hydrogens is 206 g/mol. The van der Waals surface area contributed by atoms with Crippen molar-refractivity contribution in [2.45, 2.75) is 38.1 Å². The predicted molar refractivity (Wildman–Crippen MR) is 67.2 cm³/mol. The molecule has 1 aliphatic rings. The SMILES string of the molecule is Cl.N[C@H](c1ccccc1)C1CCCCC1. The van der Waals surface area contributed by atoms with E-state index in [-0.39, 0.29) is 18.4 Å². The maximum absolute atomic E-state index is 6.27. The Bertz CT molecular complexity index is 267. The molecule has 1 aromatic rings. The lowest BCUT2D eigenvalue weighted by atomic mass is 9.82. The van der Waals surface area contributed by atoms with Crippen molar-refractivity contribution >= 4 is 12.4 Å². The molecule has 2 N–H and O–H groups in total. The third kappa shape index (κ3) is 3.22. The fraction of sp³-hybridized carbons (Fsp3) is 0.538. The Morgan fingerprint density at radius 1 is 1.00 bits per heavy atom. The summed E-state index contributed by atoms with van der Waals surface area (Å²) in [4.78, 5) is 0. The topological polar surface area (TPSA) is 26.0 Å². The largest absolute Gasteiger partial charge is 0.324 e. The van der Waals surface area contributed by atoms with E-state index in [1.165, 1.54) is 37.7 Å². The van der Waals surface area contributed by atoms with Gasteiger partial charge in [0.05, 0.1) is 0 Å². The molecule has 0 bridgehead atoms. The predicted octanol–water partition coefficient (Wildman–Crippen LogP) is 3.69. The van der Waals surface area contributed by atoms with Crippen molar-refractivity contribution in [1.82, 2.24) is 0 Å². The summed E-state index contributed by atoms with van der Waals surface area (Å²) in [7, 11) is 0. The quantitative estimate of drug-likeness (QED) is 0.817. The van der Waals surface area contributed by atoms with Gasteiger partial charge in [0, 0.05) is 6.04 Å². The molecule has 15 heavy (non-hydrogen) atoms. The van der Waals surface area contributed by atoms with Crippen LogP contribution in [0.2, 0.25) is 0 Å². The zero-order chi connectivity index (χ0) is 9.80. The third-order valence-corrected chi connectivity index (χ3v) is 3.34. The average Bonchev–Trinajstić information content (AvgIpc) is 2.30. The second kappa shape index (κ2) is 6.14. The van der Waals surface area contributed by atoms with E-state index in [1.807, 2.05) is 0 Å². The third-order valence-electron chi connectivity index (χ3n) is 3.34. The van der Waals surface area contributed by atoms with Gasteiger partial charge in [0.2, 0.25) is 0 Å². The van der Waals surface area contributed by atoms with Crippen LogP contribution in [-0.2, 0) is 0 Å². The standard InChI is InChI=1S/C13H19N.ClH/c14-13(11-7-3-1-4-8-11)12-9-5-2-6-10-12;/h1,3-4,7-8,12-13H,2,5-6,9-10,14H2;1H/t13-;/m1./s1. The number of halogens is 1. The first kappa shape index (κ1) is 12.5. The highest BCUT2D eigenvalue weighted by Gasteiger charge is 2.21. The minimum absolute atomic E-state index is 0. The molecule has 84 valence electrons. The smallest absolute Gasteiger partial charge is 0.0323 e. The van der Waals surface area contributed by atoms with Crippen LogP contribution in [-0.4, -0.2) is 0 Å². The van der Waals surface area contributed by atoms with Gasteiger partial charge >= 0.3 is 0 Å². The van der Waals surface area contributed by atoms with Crippen LogP contribution in [0, 0.1) is 5.92 Å². The molecule has 2 rings (SSSR count). The Hall–Kier alpha value is -0.530. The van der Waals surface area contributed by atoms with Gasteiger partial charge in [0.15, 0.2) is 0 Å². The Morgan fingerprint density at radius 3 is 2.20 bits per heavy atom. The van der Waals surface area contributed by atoms with E-state index >= 15 is 0 Å². The van der Waals surface area contributed by atoms with Gasteiger partial charge in [-0.1, -0.05) is 49.6 Å². The van der Waals surface area contributed by atoms with Crippen molar-refractivity contribution in [1.29, 1.82) is 0 Å². The summed E-state index contributed by atoms with van der Waals surface area (Å²) in [6.07, 6.45) is 6.76. The first-order valence-electron chi connectivity index (χ1n) is 5.68. The van der Waals surface area contributed by atoms with E-state index < -0.39 is 0 Å². The van der Waals surface area contributed by atoms with Crippen LogP contribution < -0.4 is 5.73 Å². The Labute approximate surface area is 98.5 Å². The molecule has 1 nitrogen and oxygen atoms in total. The second-order valence-corrected chi connectivity index (χ2v) is 4.33. The highest BCUT2D eigenvalue weighted by atomic mass is 35.5. The molecule has 1 aromatic carbocycles. The minimum atomic E-state index is 0. The first-order valence-corrected chi connectivity index (χ1v) is 5.68. The monoisotopic (exact) mass is 225 g/mol. The molecule has 0 unspecified atom stereocenters. The zero-order valence-electron chi connectivity index (χ0n) is 9.06. The molecule has 0 radical (unpaired) electrons. The van der Waals surface area contributed by atoms with Gasteiger partial charge in [0.1, 0.15) is 0 Å². The normalized spacial score (nSPS) is 19.3. The lowest BCUT2D eigenvalue weighted by molar-refractivity contribution is 0.308. The van der Waals surface area contributed by atoms with Crippen LogP contribution in [0.25, 0.3) is 0 Å². The fourth-order valence-corrected chi connectivity index (χ4v) is 2.44. The van der Waals surface area contributed by atoms with Crippen LogP contribution in [0.1, 0.15) is 43.7 Å². The Balaban J connectivity index is 0.00000112. The van der Waals surface area contributed by atoms with Crippen molar-refractivity contribution in [2.75, 3.05) is 0 Å². The summed E-state index contributed by atoms with van der Waals surface area (Å²) < 4.78 is 0. The summed E-state index contributed by atoms with van der Waals surface area (Å²) in [5, 5.41) is 0. The molecule has 1 aliphatic carbocycles. The van der Waals surface area contributed by atoms with Crippen molar-refractivity contribution in [3.05, 3.63) is 35.9 Å². The van der Waals surface area contributed by atoms with E-state index in [2.05, 4.69) is 30.3 Å². The van der Waals surface area contributed by atoms with Crippen LogP contribution in [0.5, 0.6) is 0 Å². The van der Waals surface area contributed by atoms with Gasteiger partial charge in [-0.05, 0) is 24.3 Å². The minimum Gasteiger partial charge on any atom is -0.324 e. The maximum Gasteiger partial charge on any atom is 0.0323 e.